The monoisotopic (exact) mass is 228 g/mol. The number of hydrogen-bond donors (Lipinski definition) is 1. The second kappa shape index (κ2) is 5.07. The zero-order valence-corrected chi connectivity index (χ0v) is 10.8. The fraction of sp³-hybridized carbons (Fsp3) is 1.00. The molecule has 15 heavy (non-hydrogen) atoms. The molecule has 0 amide bonds. The molecule has 0 aliphatic carbocycles. The molecule has 2 rings (SSSR count). The van der Waals surface area contributed by atoms with Crippen LogP contribution < -0.4 is 5.73 Å². The van der Waals surface area contributed by atoms with Crippen molar-refractivity contribution in [3.63, 3.8) is 0 Å². The number of rotatable bonds is 2. The second-order valence-corrected chi connectivity index (χ2v) is 6.53. The molecule has 0 aromatic heterocycles. The van der Waals surface area contributed by atoms with Crippen molar-refractivity contribution in [3.05, 3.63) is 0 Å². The second-order valence-electron chi connectivity index (χ2n) is 5.05. The molecule has 2 aliphatic rings. The van der Waals surface area contributed by atoms with Crippen LogP contribution in [-0.4, -0.2) is 40.6 Å². The van der Waals surface area contributed by atoms with E-state index in [-0.39, 0.29) is 0 Å². The molecule has 0 radical (unpaired) electrons. The van der Waals surface area contributed by atoms with Crippen LogP contribution in [0.15, 0.2) is 0 Å². The zero-order chi connectivity index (χ0) is 10.8. The normalized spacial score (nSPS) is 43.4. The maximum atomic E-state index is 5.92. The molecule has 0 spiro atoms. The van der Waals surface area contributed by atoms with Crippen LogP contribution in [0, 0.1) is 0 Å². The van der Waals surface area contributed by atoms with Gasteiger partial charge in [0.1, 0.15) is 0 Å². The van der Waals surface area contributed by atoms with E-state index in [1.807, 2.05) is 0 Å². The molecule has 2 nitrogen and oxygen atoms in total. The van der Waals surface area contributed by atoms with Gasteiger partial charge in [0.05, 0.1) is 0 Å². The highest BCUT2D eigenvalue weighted by molar-refractivity contribution is 8.00. The average molecular weight is 228 g/mol. The summed E-state index contributed by atoms with van der Waals surface area (Å²) in [5.74, 6) is 1.34. The summed E-state index contributed by atoms with van der Waals surface area (Å²) < 4.78 is 0. The minimum Gasteiger partial charge on any atom is -0.329 e. The Kier molecular flexibility index (Phi) is 3.97. The lowest BCUT2D eigenvalue weighted by Crippen LogP contribution is -2.55. The summed E-state index contributed by atoms with van der Waals surface area (Å²) in [5, 5.41) is 0.805. The molecule has 4 atom stereocenters. The molecule has 0 aromatic rings. The van der Waals surface area contributed by atoms with Crippen molar-refractivity contribution in [2.75, 3.05) is 12.3 Å². The van der Waals surface area contributed by atoms with Gasteiger partial charge in [-0.15, -0.1) is 0 Å². The molecule has 2 aliphatic heterocycles. The highest BCUT2D eigenvalue weighted by Gasteiger charge is 2.37. The number of likely N-dealkylation sites (tertiary alicyclic amines) is 1. The van der Waals surface area contributed by atoms with Crippen LogP contribution in [0.4, 0.5) is 0 Å². The van der Waals surface area contributed by atoms with Gasteiger partial charge in [-0.2, -0.15) is 11.8 Å². The van der Waals surface area contributed by atoms with Gasteiger partial charge >= 0.3 is 0 Å². The summed E-state index contributed by atoms with van der Waals surface area (Å²) >= 11 is 2.13. The summed E-state index contributed by atoms with van der Waals surface area (Å²) in [6.45, 7) is 5.62. The fourth-order valence-corrected chi connectivity index (χ4v) is 4.50. The van der Waals surface area contributed by atoms with Crippen molar-refractivity contribution < 1.29 is 0 Å². The van der Waals surface area contributed by atoms with Gasteiger partial charge in [-0.05, 0) is 31.9 Å². The van der Waals surface area contributed by atoms with Gasteiger partial charge in [0.25, 0.3) is 0 Å². The first kappa shape index (κ1) is 11.7. The first-order valence-corrected chi connectivity index (χ1v) is 7.38. The molecule has 3 heteroatoms. The Hall–Kier alpha value is 0.270. The van der Waals surface area contributed by atoms with Gasteiger partial charge in [0, 0.05) is 29.9 Å². The van der Waals surface area contributed by atoms with Crippen LogP contribution in [0.25, 0.3) is 0 Å². The number of nitrogens with zero attached hydrogens (tertiary/aromatic N) is 1. The number of piperidine rings is 1. The SMILES string of the molecule is CC1SCCC1N1C(C)CCCC1CN. The summed E-state index contributed by atoms with van der Waals surface area (Å²) in [5.41, 5.74) is 5.92. The molecule has 2 N–H and O–H groups in total. The van der Waals surface area contributed by atoms with E-state index in [9.17, 15) is 0 Å². The Morgan fingerprint density at radius 1 is 1.27 bits per heavy atom. The molecular weight excluding hydrogens is 204 g/mol. The van der Waals surface area contributed by atoms with E-state index in [1.54, 1.807) is 0 Å². The van der Waals surface area contributed by atoms with E-state index < -0.39 is 0 Å². The maximum Gasteiger partial charge on any atom is 0.0226 e. The van der Waals surface area contributed by atoms with Crippen LogP contribution in [0.1, 0.15) is 39.5 Å². The maximum absolute atomic E-state index is 5.92. The Balaban J connectivity index is 2.07. The van der Waals surface area contributed by atoms with Crippen molar-refractivity contribution in [1.82, 2.24) is 4.90 Å². The first-order valence-electron chi connectivity index (χ1n) is 6.33. The van der Waals surface area contributed by atoms with E-state index >= 15 is 0 Å². The quantitative estimate of drug-likeness (QED) is 0.784. The molecular formula is C12H24N2S. The smallest absolute Gasteiger partial charge is 0.0226 e. The van der Waals surface area contributed by atoms with E-state index in [1.165, 1.54) is 31.4 Å². The van der Waals surface area contributed by atoms with Crippen molar-refractivity contribution in [2.24, 2.45) is 5.73 Å². The number of thioether (sulfide) groups is 1. The molecule has 4 unspecified atom stereocenters. The largest absolute Gasteiger partial charge is 0.329 e. The summed E-state index contributed by atoms with van der Waals surface area (Å²) in [7, 11) is 0. The van der Waals surface area contributed by atoms with E-state index in [0.717, 1.165) is 23.9 Å². The standard InChI is InChI=1S/C12H24N2S/c1-9-4-3-5-11(8-13)14(9)12-6-7-15-10(12)2/h9-12H,3-8,13H2,1-2H3. The summed E-state index contributed by atoms with van der Waals surface area (Å²) in [6.07, 6.45) is 5.42. The first-order chi connectivity index (χ1) is 7.24. The average Bonchev–Trinajstić information content (AvgIpc) is 2.64. The Morgan fingerprint density at radius 2 is 2.07 bits per heavy atom. The van der Waals surface area contributed by atoms with E-state index in [0.29, 0.717) is 6.04 Å². The van der Waals surface area contributed by atoms with Gasteiger partial charge in [0.15, 0.2) is 0 Å². The zero-order valence-electron chi connectivity index (χ0n) is 9.98. The third-order valence-corrected chi connectivity index (χ3v) is 5.39. The molecule has 88 valence electrons. The Bertz CT molecular complexity index is 210. The molecule has 2 saturated heterocycles. The predicted octanol–water partition coefficient (Wildman–Crippen LogP) is 2.08. The van der Waals surface area contributed by atoms with Crippen LogP contribution >= 0.6 is 11.8 Å². The van der Waals surface area contributed by atoms with Crippen molar-refractivity contribution >= 4 is 11.8 Å². The lowest BCUT2D eigenvalue weighted by molar-refractivity contribution is 0.0519. The third-order valence-electron chi connectivity index (χ3n) is 4.08. The van der Waals surface area contributed by atoms with Gasteiger partial charge in [0.2, 0.25) is 0 Å². The number of hydrogen-bond acceptors (Lipinski definition) is 3. The lowest BCUT2D eigenvalue weighted by Gasteiger charge is -2.45. The van der Waals surface area contributed by atoms with E-state index in [4.69, 9.17) is 5.73 Å². The van der Waals surface area contributed by atoms with Gasteiger partial charge in [-0.25, -0.2) is 0 Å². The third kappa shape index (κ3) is 2.34. The van der Waals surface area contributed by atoms with Crippen LogP contribution in [0.3, 0.4) is 0 Å². The van der Waals surface area contributed by atoms with Gasteiger partial charge < -0.3 is 5.73 Å². The minimum atomic E-state index is 0.653. The lowest BCUT2D eigenvalue weighted by atomic mass is 9.92. The summed E-state index contributed by atoms with van der Waals surface area (Å²) in [4.78, 5) is 2.74. The molecule has 0 bridgehead atoms. The van der Waals surface area contributed by atoms with Gasteiger partial charge in [-0.3, -0.25) is 4.90 Å². The molecule has 2 fully saturated rings. The fourth-order valence-electron chi connectivity index (χ4n) is 3.26. The summed E-state index contributed by atoms with van der Waals surface area (Å²) in [6, 6.07) is 2.19. The topological polar surface area (TPSA) is 29.3 Å². The van der Waals surface area contributed by atoms with Crippen molar-refractivity contribution in [1.29, 1.82) is 0 Å². The molecule has 0 saturated carbocycles. The minimum absolute atomic E-state index is 0.653. The van der Waals surface area contributed by atoms with Crippen LogP contribution in [-0.2, 0) is 0 Å². The molecule has 2 heterocycles. The van der Waals surface area contributed by atoms with Crippen molar-refractivity contribution in [2.45, 2.75) is 62.9 Å². The van der Waals surface area contributed by atoms with Crippen LogP contribution in [0.5, 0.6) is 0 Å². The highest BCUT2D eigenvalue weighted by Crippen LogP contribution is 2.35. The Labute approximate surface area is 98.0 Å². The Morgan fingerprint density at radius 3 is 2.67 bits per heavy atom. The predicted molar refractivity (Wildman–Crippen MR) is 68.3 cm³/mol. The highest BCUT2D eigenvalue weighted by atomic mass is 32.2. The van der Waals surface area contributed by atoms with E-state index in [2.05, 4.69) is 30.5 Å². The van der Waals surface area contributed by atoms with Crippen molar-refractivity contribution in [3.8, 4) is 0 Å². The van der Waals surface area contributed by atoms with Crippen LogP contribution in [0.2, 0.25) is 0 Å². The molecule has 0 aromatic carbocycles. The number of nitrogens with two attached hydrogens (primary N) is 1. The van der Waals surface area contributed by atoms with Gasteiger partial charge in [-0.1, -0.05) is 13.3 Å².